The molecule has 0 amide bonds. The average Bonchev–Trinajstić information content (AvgIpc) is 3.12. The van der Waals surface area contributed by atoms with Gasteiger partial charge in [0.1, 0.15) is 0 Å². The highest BCUT2D eigenvalue weighted by Gasteiger charge is 2.26. The lowest BCUT2D eigenvalue weighted by Crippen LogP contribution is -2.40. The molecule has 0 bridgehead atoms. The zero-order valence-corrected chi connectivity index (χ0v) is 16.4. The van der Waals surface area contributed by atoms with Gasteiger partial charge in [0.25, 0.3) is 0 Å². The molecule has 1 N–H and O–H groups in total. The van der Waals surface area contributed by atoms with Gasteiger partial charge >= 0.3 is 0 Å². The van der Waals surface area contributed by atoms with Crippen molar-refractivity contribution in [3.05, 3.63) is 18.0 Å². The van der Waals surface area contributed by atoms with Crippen molar-refractivity contribution in [2.45, 2.75) is 44.9 Å². The molecule has 2 heterocycles. The zero-order valence-electron chi connectivity index (χ0n) is 14.1. The predicted octanol–water partition coefficient (Wildman–Crippen LogP) is 2.98. The van der Waals surface area contributed by atoms with Gasteiger partial charge in [-0.15, -0.1) is 24.0 Å². The van der Waals surface area contributed by atoms with Gasteiger partial charge in [0.2, 0.25) is 0 Å². The van der Waals surface area contributed by atoms with E-state index in [0.717, 1.165) is 25.6 Å². The van der Waals surface area contributed by atoms with E-state index in [1.54, 1.807) is 0 Å². The number of halogens is 1. The van der Waals surface area contributed by atoms with Gasteiger partial charge in [0.05, 0.1) is 6.20 Å². The molecular weight excluding hydrogens is 389 g/mol. The lowest BCUT2D eigenvalue weighted by Gasteiger charge is -2.21. The van der Waals surface area contributed by atoms with Gasteiger partial charge in [-0.2, -0.15) is 5.10 Å². The van der Waals surface area contributed by atoms with E-state index < -0.39 is 0 Å². The predicted molar refractivity (Wildman–Crippen MR) is 103 cm³/mol. The van der Waals surface area contributed by atoms with Crippen LogP contribution in [0.25, 0.3) is 0 Å². The van der Waals surface area contributed by atoms with Crippen LogP contribution in [-0.4, -0.2) is 47.3 Å². The molecule has 0 aliphatic carbocycles. The summed E-state index contributed by atoms with van der Waals surface area (Å²) in [6, 6.07) is 0. The second kappa shape index (κ2) is 10.1. The summed E-state index contributed by atoms with van der Waals surface area (Å²) in [7, 11) is 3.86. The maximum absolute atomic E-state index is 4.43. The largest absolute Gasteiger partial charge is 0.356 e. The Hall–Kier alpha value is -0.790. The summed E-state index contributed by atoms with van der Waals surface area (Å²) in [5.74, 6) is 1.63. The number of hydrogen-bond donors (Lipinski definition) is 1. The number of guanidine groups is 1. The number of aryl methyl sites for hydroxylation is 1. The third kappa shape index (κ3) is 5.44. The zero-order chi connectivity index (χ0) is 15.1. The maximum atomic E-state index is 4.43. The molecule has 1 aliphatic rings. The van der Waals surface area contributed by atoms with Crippen molar-refractivity contribution in [3.63, 3.8) is 0 Å². The van der Waals surface area contributed by atoms with Crippen molar-refractivity contribution in [2.24, 2.45) is 12.0 Å². The minimum absolute atomic E-state index is 0. The van der Waals surface area contributed by atoms with Crippen molar-refractivity contribution >= 4 is 29.9 Å². The molecule has 1 atom stereocenters. The van der Waals surface area contributed by atoms with Crippen LogP contribution in [0.5, 0.6) is 0 Å². The molecule has 1 unspecified atom stereocenters. The second-order valence-electron chi connectivity index (χ2n) is 5.91. The van der Waals surface area contributed by atoms with E-state index in [2.05, 4.69) is 33.4 Å². The van der Waals surface area contributed by atoms with Crippen LogP contribution in [0.4, 0.5) is 0 Å². The van der Waals surface area contributed by atoms with Gasteiger partial charge in [-0.3, -0.25) is 9.67 Å². The third-order valence-corrected chi connectivity index (χ3v) is 4.21. The van der Waals surface area contributed by atoms with Crippen LogP contribution in [0, 0.1) is 0 Å². The number of likely N-dealkylation sites (tertiary alicyclic amines) is 1. The number of aromatic nitrogens is 2. The first-order valence-corrected chi connectivity index (χ1v) is 8.18. The Balaban J connectivity index is 0.00000242. The van der Waals surface area contributed by atoms with Crippen LogP contribution in [-0.2, 0) is 7.05 Å². The fourth-order valence-corrected chi connectivity index (χ4v) is 2.96. The standard InChI is InChI=1S/C16H29N5.HI/c1-4-5-6-7-9-18-16(17-2)21-10-8-14(13-21)15-11-19-20(3)12-15;/h11-12,14H,4-10,13H2,1-3H3,(H,17,18);1H. The van der Waals surface area contributed by atoms with Crippen molar-refractivity contribution in [1.29, 1.82) is 0 Å². The number of hydrogen-bond acceptors (Lipinski definition) is 2. The van der Waals surface area contributed by atoms with Crippen molar-refractivity contribution in [3.8, 4) is 0 Å². The minimum atomic E-state index is 0. The normalized spacial score (nSPS) is 18.4. The summed E-state index contributed by atoms with van der Waals surface area (Å²) in [6.45, 7) is 5.39. The highest BCUT2D eigenvalue weighted by atomic mass is 127. The molecule has 2 rings (SSSR count). The summed E-state index contributed by atoms with van der Waals surface area (Å²) in [5.41, 5.74) is 1.35. The van der Waals surface area contributed by atoms with Gasteiger partial charge in [-0.1, -0.05) is 26.2 Å². The Morgan fingerprint density at radius 3 is 2.86 bits per heavy atom. The highest BCUT2D eigenvalue weighted by Crippen LogP contribution is 2.26. The summed E-state index contributed by atoms with van der Waals surface area (Å²) in [6.07, 6.45) is 10.5. The number of nitrogens with zero attached hydrogens (tertiary/aromatic N) is 4. The first-order chi connectivity index (χ1) is 10.2. The number of unbranched alkanes of at least 4 members (excludes halogenated alkanes) is 3. The average molecular weight is 419 g/mol. The van der Waals surface area contributed by atoms with Gasteiger partial charge in [0.15, 0.2) is 5.96 Å². The Kier molecular flexibility index (Phi) is 8.82. The summed E-state index contributed by atoms with van der Waals surface area (Å²) in [4.78, 5) is 6.80. The van der Waals surface area contributed by atoms with Gasteiger partial charge in [-0.25, -0.2) is 0 Å². The van der Waals surface area contributed by atoms with Crippen LogP contribution in [0.1, 0.15) is 50.5 Å². The molecule has 1 fully saturated rings. The van der Waals surface area contributed by atoms with Crippen molar-refractivity contribution < 1.29 is 0 Å². The summed E-state index contributed by atoms with van der Waals surface area (Å²) >= 11 is 0. The topological polar surface area (TPSA) is 45.5 Å². The molecule has 1 aromatic heterocycles. The second-order valence-corrected chi connectivity index (χ2v) is 5.91. The lowest BCUT2D eigenvalue weighted by atomic mass is 10.0. The Morgan fingerprint density at radius 1 is 1.41 bits per heavy atom. The highest BCUT2D eigenvalue weighted by molar-refractivity contribution is 14.0. The third-order valence-electron chi connectivity index (χ3n) is 4.21. The molecule has 22 heavy (non-hydrogen) atoms. The molecule has 0 saturated carbocycles. The quantitative estimate of drug-likeness (QED) is 0.334. The molecular formula is C16H30IN5. The van der Waals surface area contributed by atoms with E-state index >= 15 is 0 Å². The number of aliphatic imine (C=N–C) groups is 1. The van der Waals surface area contributed by atoms with E-state index in [1.165, 1.54) is 37.7 Å². The molecule has 0 radical (unpaired) electrons. The Labute approximate surface area is 151 Å². The van der Waals surface area contributed by atoms with Crippen molar-refractivity contribution in [1.82, 2.24) is 20.0 Å². The van der Waals surface area contributed by atoms with E-state index in [4.69, 9.17) is 0 Å². The summed E-state index contributed by atoms with van der Waals surface area (Å²) in [5, 5.41) is 7.78. The first kappa shape index (κ1) is 19.3. The van der Waals surface area contributed by atoms with Gasteiger partial charge < -0.3 is 10.2 Å². The van der Waals surface area contributed by atoms with E-state index in [1.807, 2.05) is 25.0 Å². The molecule has 0 spiro atoms. The first-order valence-electron chi connectivity index (χ1n) is 8.18. The van der Waals surface area contributed by atoms with E-state index in [-0.39, 0.29) is 24.0 Å². The Morgan fingerprint density at radius 2 is 2.23 bits per heavy atom. The molecule has 0 aromatic carbocycles. The SMILES string of the molecule is CCCCCCNC(=NC)N1CCC(c2cnn(C)c2)C1.I. The summed E-state index contributed by atoms with van der Waals surface area (Å²) < 4.78 is 1.89. The van der Waals surface area contributed by atoms with Crippen LogP contribution < -0.4 is 5.32 Å². The molecule has 1 aliphatic heterocycles. The Bertz CT molecular complexity index is 457. The lowest BCUT2D eigenvalue weighted by molar-refractivity contribution is 0.483. The fraction of sp³-hybridized carbons (Fsp3) is 0.750. The molecule has 6 heteroatoms. The fourth-order valence-electron chi connectivity index (χ4n) is 2.96. The van der Waals surface area contributed by atoms with Crippen LogP contribution in [0.2, 0.25) is 0 Å². The van der Waals surface area contributed by atoms with Crippen LogP contribution >= 0.6 is 24.0 Å². The van der Waals surface area contributed by atoms with E-state index in [0.29, 0.717) is 5.92 Å². The molecule has 1 saturated heterocycles. The van der Waals surface area contributed by atoms with Crippen LogP contribution in [0.3, 0.4) is 0 Å². The molecule has 126 valence electrons. The van der Waals surface area contributed by atoms with E-state index in [9.17, 15) is 0 Å². The number of nitrogens with one attached hydrogen (secondary N) is 1. The maximum Gasteiger partial charge on any atom is 0.193 e. The van der Waals surface area contributed by atoms with Crippen molar-refractivity contribution in [2.75, 3.05) is 26.7 Å². The minimum Gasteiger partial charge on any atom is -0.356 e. The molecule has 5 nitrogen and oxygen atoms in total. The molecule has 1 aromatic rings. The monoisotopic (exact) mass is 419 g/mol. The van der Waals surface area contributed by atoms with Gasteiger partial charge in [0, 0.05) is 45.8 Å². The van der Waals surface area contributed by atoms with Gasteiger partial charge in [-0.05, 0) is 18.4 Å². The number of rotatable bonds is 6. The van der Waals surface area contributed by atoms with Crippen LogP contribution in [0.15, 0.2) is 17.4 Å². The smallest absolute Gasteiger partial charge is 0.193 e.